The molecule has 2 nitrogen and oxygen atoms in total. The van der Waals surface area contributed by atoms with E-state index < -0.39 is 0 Å². The Morgan fingerprint density at radius 2 is 2.33 bits per heavy atom. The van der Waals surface area contributed by atoms with Crippen LogP contribution in [0.3, 0.4) is 0 Å². The van der Waals surface area contributed by atoms with Crippen LogP contribution in [0.1, 0.15) is 31.5 Å². The summed E-state index contributed by atoms with van der Waals surface area (Å²) >= 11 is 0. The van der Waals surface area contributed by atoms with Crippen LogP contribution in [0.2, 0.25) is 0 Å². The quantitative estimate of drug-likeness (QED) is 0.734. The van der Waals surface area contributed by atoms with E-state index in [1.165, 1.54) is 12.8 Å². The maximum absolute atomic E-state index is 4.30. The summed E-state index contributed by atoms with van der Waals surface area (Å²) in [5.41, 5.74) is 1.14. The van der Waals surface area contributed by atoms with E-state index in [1.54, 1.807) is 0 Å². The summed E-state index contributed by atoms with van der Waals surface area (Å²) in [5, 5.41) is 3.51. The van der Waals surface area contributed by atoms with Crippen LogP contribution in [0.5, 0.6) is 0 Å². The Morgan fingerprint density at radius 1 is 1.50 bits per heavy atom. The molecule has 0 radical (unpaired) electrons. The van der Waals surface area contributed by atoms with Gasteiger partial charge in [0.1, 0.15) is 0 Å². The third-order valence-electron chi connectivity index (χ3n) is 2.19. The molecule has 64 valence electrons. The molecule has 1 atom stereocenters. The molecule has 1 aromatic rings. The van der Waals surface area contributed by atoms with Crippen molar-refractivity contribution in [2.75, 3.05) is 0 Å². The highest BCUT2D eigenvalue weighted by Gasteiger charge is 2.23. The molecule has 0 bridgehead atoms. The van der Waals surface area contributed by atoms with Crippen molar-refractivity contribution < 1.29 is 0 Å². The van der Waals surface area contributed by atoms with Crippen LogP contribution in [0.25, 0.3) is 0 Å². The average Bonchev–Trinajstić information content (AvgIpc) is 2.90. The summed E-state index contributed by atoms with van der Waals surface area (Å²) in [6.07, 6.45) is 4.51. The highest BCUT2D eigenvalue weighted by atomic mass is 15.0. The molecule has 0 saturated heterocycles. The first-order valence-electron chi connectivity index (χ1n) is 4.53. The van der Waals surface area contributed by atoms with Crippen molar-refractivity contribution in [2.24, 2.45) is 0 Å². The van der Waals surface area contributed by atoms with E-state index in [2.05, 4.69) is 23.3 Å². The Kier molecular flexibility index (Phi) is 2.09. The zero-order chi connectivity index (χ0) is 8.39. The molecular formula is C10H14N2. The van der Waals surface area contributed by atoms with Gasteiger partial charge in [-0.25, -0.2) is 0 Å². The Balaban J connectivity index is 1.98. The molecule has 0 aromatic carbocycles. The van der Waals surface area contributed by atoms with Gasteiger partial charge in [0.25, 0.3) is 0 Å². The molecule has 2 heteroatoms. The van der Waals surface area contributed by atoms with Crippen molar-refractivity contribution in [3.63, 3.8) is 0 Å². The van der Waals surface area contributed by atoms with Crippen molar-refractivity contribution in [1.29, 1.82) is 0 Å². The summed E-state index contributed by atoms with van der Waals surface area (Å²) in [6, 6.07) is 7.21. The minimum atomic E-state index is 0.402. The Bertz CT molecular complexity index is 241. The molecule has 1 unspecified atom stereocenters. The van der Waals surface area contributed by atoms with Crippen molar-refractivity contribution in [3.05, 3.63) is 30.1 Å². The van der Waals surface area contributed by atoms with Gasteiger partial charge in [-0.3, -0.25) is 4.98 Å². The summed E-state index contributed by atoms with van der Waals surface area (Å²) in [6.45, 7) is 2.17. The molecule has 0 amide bonds. The maximum atomic E-state index is 4.30. The predicted molar refractivity (Wildman–Crippen MR) is 48.8 cm³/mol. The number of aromatic nitrogens is 1. The number of hydrogen-bond donors (Lipinski definition) is 1. The van der Waals surface area contributed by atoms with Crippen molar-refractivity contribution in [2.45, 2.75) is 31.8 Å². The zero-order valence-corrected chi connectivity index (χ0v) is 7.33. The molecule has 0 spiro atoms. The predicted octanol–water partition coefficient (Wildman–Crippen LogP) is 1.89. The molecule has 1 saturated carbocycles. The van der Waals surface area contributed by atoms with Crippen molar-refractivity contribution >= 4 is 0 Å². The van der Waals surface area contributed by atoms with Crippen LogP contribution < -0.4 is 5.32 Å². The standard InChI is InChI=1S/C10H14N2/c1-8(12-9-5-6-9)10-4-2-3-7-11-10/h2-4,7-9,12H,5-6H2,1H3. The second-order valence-corrected chi connectivity index (χ2v) is 3.42. The third-order valence-corrected chi connectivity index (χ3v) is 2.19. The van der Waals surface area contributed by atoms with Gasteiger partial charge in [-0.05, 0) is 31.9 Å². The molecule has 2 rings (SSSR count). The molecule has 1 aliphatic rings. The summed E-state index contributed by atoms with van der Waals surface area (Å²) in [7, 11) is 0. The van der Waals surface area contributed by atoms with Gasteiger partial charge in [0.15, 0.2) is 0 Å². The third kappa shape index (κ3) is 1.83. The van der Waals surface area contributed by atoms with Crippen molar-refractivity contribution in [3.8, 4) is 0 Å². The second-order valence-electron chi connectivity index (χ2n) is 3.42. The lowest BCUT2D eigenvalue weighted by molar-refractivity contribution is 0.558. The smallest absolute Gasteiger partial charge is 0.0570 e. The second kappa shape index (κ2) is 3.23. The van der Waals surface area contributed by atoms with Crippen molar-refractivity contribution in [1.82, 2.24) is 10.3 Å². The van der Waals surface area contributed by atoms with E-state index >= 15 is 0 Å². The molecule has 12 heavy (non-hydrogen) atoms. The number of rotatable bonds is 3. The molecule has 1 heterocycles. The first kappa shape index (κ1) is 7.74. The largest absolute Gasteiger partial charge is 0.306 e. The van der Waals surface area contributed by atoms with Crippen LogP contribution in [0, 0.1) is 0 Å². The van der Waals surface area contributed by atoms with Crippen LogP contribution in [-0.4, -0.2) is 11.0 Å². The lowest BCUT2D eigenvalue weighted by Crippen LogP contribution is -2.21. The highest BCUT2D eigenvalue weighted by molar-refractivity contribution is 5.08. The van der Waals surface area contributed by atoms with Gasteiger partial charge >= 0.3 is 0 Å². The summed E-state index contributed by atoms with van der Waals surface area (Å²) < 4.78 is 0. The van der Waals surface area contributed by atoms with Gasteiger partial charge in [0.2, 0.25) is 0 Å². The molecule has 1 aliphatic carbocycles. The maximum Gasteiger partial charge on any atom is 0.0570 e. The minimum Gasteiger partial charge on any atom is -0.306 e. The summed E-state index contributed by atoms with van der Waals surface area (Å²) in [5.74, 6) is 0. The molecular weight excluding hydrogens is 148 g/mol. The zero-order valence-electron chi connectivity index (χ0n) is 7.33. The van der Waals surface area contributed by atoms with Crippen LogP contribution in [-0.2, 0) is 0 Å². The van der Waals surface area contributed by atoms with Gasteiger partial charge in [0.05, 0.1) is 5.69 Å². The Labute approximate surface area is 73.0 Å². The van der Waals surface area contributed by atoms with E-state index in [4.69, 9.17) is 0 Å². The van der Waals surface area contributed by atoms with E-state index in [0.29, 0.717) is 6.04 Å². The highest BCUT2D eigenvalue weighted by Crippen LogP contribution is 2.22. The molecule has 1 fully saturated rings. The monoisotopic (exact) mass is 162 g/mol. The van der Waals surface area contributed by atoms with E-state index in [0.717, 1.165) is 11.7 Å². The average molecular weight is 162 g/mol. The topological polar surface area (TPSA) is 24.9 Å². The first-order valence-corrected chi connectivity index (χ1v) is 4.53. The van der Waals surface area contributed by atoms with Gasteiger partial charge in [-0.2, -0.15) is 0 Å². The van der Waals surface area contributed by atoms with Gasteiger partial charge < -0.3 is 5.32 Å². The Morgan fingerprint density at radius 3 is 2.92 bits per heavy atom. The number of nitrogens with one attached hydrogen (secondary N) is 1. The van der Waals surface area contributed by atoms with Crippen LogP contribution in [0.15, 0.2) is 24.4 Å². The molecule has 1 N–H and O–H groups in total. The fourth-order valence-electron chi connectivity index (χ4n) is 1.32. The molecule has 0 aliphatic heterocycles. The van der Waals surface area contributed by atoms with Gasteiger partial charge in [0, 0.05) is 18.3 Å². The number of nitrogens with zero attached hydrogens (tertiary/aromatic N) is 1. The first-order chi connectivity index (χ1) is 5.86. The lowest BCUT2D eigenvalue weighted by atomic mass is 10.2. The number of pyridine rings is 1. The lowest BCUT2D eigenvalue weighted by Gasteiger charge is -2.11. The van der Waals surface area contributed by atoms with Crippen LogP contribution in [0.4, 0.5) is 0 Å². The summed E-state index contributed by atoms with van der Waals surface area (Å²) in [4.78, 5) is 4.30. The fourth-order valence-corrected chi connectivity index (χ4v) is 1.32. The van der Waals surface area contributed by atoms with E-state index in [-0.39, 0.29) is 0 Å². The van der Waals surface area contributed by atoms with E-state index in [9.17, 15) is 0 Å². The minimum absolute atomic E-state index is 0.402. The molecule has 1 aromatic heterocycles. The SMILES string of the molecule is CC(NC1CC1)c1ccccn1. The normalized spacial score (nSPS) is 19.1. The van der Waals surface area contributed by atoms with E-state index in [1.807, 2.05) is 18.3 Å². The number of hydrogen-bond acceptors (Lipinski definition) is 2. The fraction of sp³-hybridized carbons (Fsp3) is 0.500. The van der Waals surface area contributed by atoms with Gasteiger partial charge in [-0.15, -0.1) is 0 Å². The van der Waals surface area contributed by atoms with Crippen LogP contribution >= 0.6 is 0 Å². The Hall–Kier alpha value is -0.890. The van der Waals surface area contributed by atoms with Gasteiger partial charge in [-0.1, -0.05) is 6.07 Å².